The van der Waals surface area contributed by atoms with Crippen molar-refractivity contribution in [3.05, 3.63) is 107 Å². The van der Waals surface area contributed by atoms with Crippen LogP contribution in [0.1, 0.15) is 27.9 Å². The number of likely N-dealkylation sites (N-methyl/N-ethyl adjacent to an activating group) is 1. The summed E-state index contributed by atoms with van der Waals surface area (Å²) >= 11 is 0. The van der Waals surface area contributed by atoms with Crippen LogP contribution in [-0.2, 0) is 4.65 Å². The molecule has 4 nitrogen and oxygen atoms in total. The highest BCUT2D eigenvalue weighted by Crippen LogP contribution is 2.40. The van der Waals surface area contributed by atoms with E-state index in [2.05, 4.69) is 128 Å². The molecular formula is C28H32BN3O. The van der Waals surface area contributed by atoms with Crippen molar-refractivity contribution >= 4 is 23.9 Å². The number of allylic oxidation sites excluding steroid dienone is 2. The van der Waals surface area contributed by atoms with Crippen LogP contribution >= 0.6 is 0 Å². The molecule has 0 aliphatic carbocycles. The minimum absolute atomic E-state index is 0.634. The third-order valence-electron chi connectivity index (χ3n) is 6.87. The molecule has 1 aromatic heterocycles. The molecule has 168 valence electrons. The van der Waals surface area contributed by atoms with E-state index in [0.717, 1.165) is 6.54 Å². The van der Waals surface area contributed by atoms with Crippen molar-refractivity contribution in [3.8, 4) is 0 Å². The third-order valence-corrected chi connectivity index (χ3v) is 6.87. The molecule has 0 spiro atoms. The Balaban J connectivity index is 1.78. The maximum absolute atomic E-state index is 6.93. The van der Waals surface area contributed by atoms with E-state index in [1.165, 1.54) is 44.7 Å². The van der Waals surface area contributed by atoms with E-state index in [9.17, 15) is 0 Å². The Hall–Kier alpha value is -3.15. The van der Waals surface area contributed by atoms with Crippen molar-refractivity contribution in [3.63, 3.8) is 0 Å². The molecule has 0 radical (unpaired) electrons. The SMILES string of the molecule is Cc1cc(C)c(C2=C3C=CC=[N+]3[B@-](OCCN(C)C)(c3ccccc3)n3cccc32)c(C)c1. The molecule has 0 amide bonds. The summed E-state index contributed by atoms with van der Waals surface area (Å²) in [6, 6.07) is 19.6. The zero-order chi connectivity index (χ0) is 23.2. The predicted octanol–water partition coefficient (Wildman–Crippen LogP) is 4.11. The lowest BCUT2D eigenvalue weighted by Gasteiger charge is -2.43. The van der Waals surface area contributed by atoms with Crippen LogP contribution in [0.25, 0.3) is 5.57 Å². The van der Waals surface area contributed by atoms with Gasteiger partial charge in [-0.25, -0.2) is 0 Å². The number of aryl methyl sites for hydroxylation is 3. The minimum Gasteiger partial charge on any atom is -0.506 e. The molecular weight excluding hydrogens is 405 g/mol. The lowest BCUT2D eigenvalue weighted by molar-refractivity contribution is -0.348. The van der Waals surface area contributed by atoms with Crippen LogP contribution < -0.4 is 5.46 Å². The van der Waals surface area contributed by atoms with Crippen LogP contribution in [0.3, 0.4) is 0 Å². The number of fused-ring (bicyclic) bond motifs is 2. The molecule has 2 aromatic carbocycles. The molecule has 0 fully saturated rings. The summed E-state index contributed by atoms with van der Waals surface area (Å²) < 4.78 is 11.7. The first-order valence-corrected chi connectivity index (χ1v) is 11.7. The number of aromatic nitrogens is 1. The van der Waals surface area contributed by atoms with Gasteiger partial charge in [0.05, 0.1) is 5.57 Å². The van der Waals surface area contributed by atoms with Gasteiger partial charge >= 0.3 is 6.62 Å². The van der Waals surface area contributed by atoms with Gasteiger partial charge in [-0.3, -0.25) is 0 Å². The second-order valence-electron chi connectivity index (χ2n) is 9.54. The van der Waals surface area contributed by atoms with Gasteiger partial charge in [-0.05, 0) is 69.9 Å². The number of nitrogens with zero attached hydrogens (tertiary/aromatic N) is 3. The summed E-state index contributed by atoms with van der Waals surface area (Å²) in [6.45, 7) is 6.42. The Labute approximate surface area is 197 Å². The Morgan fingerprint density at radius 1 is 0.970 bits per heavy atom. The number of rotatable bonds is 6. The molecule has 0 bridgehead atoms. The molecule has 3 aromatic rings. The van der Waals surface area contributed by atoms with Crippen molar-refractivity contribution in [1.82, 2.24) is 9.38 Å². The number of hydrogen-bond donors (Lipinski definition) is 0. The molecule has 2 aliphatic heterocycles. The Morgan fingerprint density at radius 2 is 1.70 bits per heavy atom. The molecule has 0 saturated heterocycles. The highest BCUT2D eigenvalue weighted by Gasteiger charge is 2.51. The maximum Gasteiger partial charge on any atom is 0.544 e. The van der Waals surface area contributed by atoms with Crippen molar-refractivity contribution < 1.29 is 9.14 Å². The second kappa shape index (κ2) is 8.33. The summed E-state index contributed by atoms with van der Waals surface area (Å²) in [5.41, 5.74) is 10.0. The van der Waals surface area contributed by atoms with Gasteiger partial charge in [0.1, 0.15) is 6.21 Å². The second-order valence-corrected chi connectivity index (χ2v) is 9.54. The highest BCUT2D eigenvalue weighted by molar-refractivity contribution is 6.79. The van der Waals surface area contributed by atoms with Crippen molar-refractivity contribution in [2.24, 2.45) is 0 Å². The van der Waals surface area contributed by atoms with Gasteiger partial charge < -0.3 is 18.5 Å². The van der Waals surface area contributed by atoms with Gasteiger partial charge in [-0.1, -0.05) is 53.5 Å². The van der Waals surface area contributed by atoms with Crippen LogP contribution in [0.2, 0.25) is 0 Å². The fraction of sp³-hybridized carbons (Fsp3) is 0.250. The average molecular weight is 437 g/mol. The van der Waals surface area contributed by atoms with Crippen molar-refractivity contribution in [1.29, 1.82) is 0 Å². The smallest absolute Gasteiger partial charge is 0.506 e. The van der Waals surface area contributed by atoms with Crippen LogP contribution in [0, 0.1) is 20.8 Å². The summed E-state index contributed by atoms with van der Waals surface area (Å²) in [7, 11) is 4.17. The van der Waals surface area contributed by atoms with Gasteiger partial charge in [0.15, 0.2) is 5.70 Å². The zero-order valence-corrected chi connectivity index (χ0v) is 20.2. The quantitative estimate of drug-likeness (QED) is 0.541. The van der Waals surface area contributed by atoms with Gasteiger partial charge in [0, 0.05) is 31.0 Å². The molecule has 3 heterocycles. The standard InChI is InChI=1S/C28H32BN3O/c1-21-19-22(2)27(23(3)20-21)28-25-13-9-15-31(25)29(33-18-17-30(4)5,24-11-7-6-8-12-24)32-16-10-14-26(28)32/h6-16,19-20H,17-18H2,1-5H3. The molecule has 2 aliphatic rings. The van der Waals surface area contributed by atoms with Crippen molar-refractivity contribution in [2.75, 3.05) is 27.2 Å². The molecule has 33 heavy (non-hydrogen) atoms. The number of hydrogen-bond acceptors (Lipinski definition) is 2. The molecule has 0 saturated carbocycles. The maximum atomic E-state index is 6.93. The van der Waals surface area contributed by atoms with E-state index in [4.69, 9.17) is 4.65 Å². The normalized spacial score (nSPS) is 19.2. The van der Waals surface area contributed by atoms with E-state index in [0.29, 0.717) is 6.61 Å². The van der Waals surface area contributed by atoms with E-state index in [1.807, 2.05) is 0 Å². The van der Waals surface area contributed by atoms with Crippen molar-refractivity contribution in [2.45, 2.75) is 20.8 Å². The first-order valence-electron chi connectivity index (χ1n) is 11.7. The summed E-state index contributed by atoms with van der Waals surface area (Å²) in [5, 5.41) is 0. The third kappa shape index (κ3) is 3.43. The lowest BCUT2D eigenvalue weighted by atomic mass is 9.55. The topological polar surface area (TPSA) is 20.4 Å². The minimum atomic E-state index is -1.69. The van der Waals surface area contributed by atoms with E-state index in [-0.39, 0.29) is 0 Å². The van der Waals surface area contributed by atoms with Gasteiger partial charge in [-0.2, -0.15) is 0 Å². The predicted molar refractivity (Wildman–Crippen MR) is 138 cm³/mol. The Kier molecular flexibility index (Phi) is 5.47. The molecule has 1 atom stereocenters. The first-order chi connectivity index (χ1) is 15.9. The highest BCUT2D eigenvalue weighted by atomic mass is 16.5. The molecule has 5 heteroatoms. The van der Waals surface area contributed by atoms with Gasteiger partial charge in [0.2, 0.25) is 0 Å². The first kappa shape index (κ1) is 21.7. The largest absolute Gasteiger partial charge is 0.544 e. The Bertz CT molecular complexity index is 1280. The summed E-state index contributed by atoms with van der Waals surface area (Å²) in [6.07, 6.45) is 8.74. The van der Waals surface area contributed by atoms with Crippen LogP contribution in [0.5, 0.6) is 0 Å². The summed E-state index contributed by atoms with van der Waals surface area (Å²) in [4.78, 5) is 2.17. The van der Waals surface area contributed by atoms with Gasteiger partial charge in [-0.15, -0.1) is 0 Å². The zero-order valence-electron chi connectivity index (χ0n) is 20.2. The monoisotopic (exact) mass is 437 g/mol. The molecule has 5 rings (SSSR count). The Morgan fingerprint density at radius 3 is 2.39 bits per heavy atom. The van der Waals surface area contributed by atoms with Gasteiger partial charge in [0.25, 0.3) is 0 Å². The number of benzene rings is 2. The van der Waals surface area contributed by atoms with E-state index >= 15 is 0 Å². The van der Waals surface area contributed by atoms with Crippen LogP contribution in [0.4, 0.5) is 0 Å². The van der Waals surface area contributed by atoms with Crippen LogP contribution in [-0.4, -0.2) is 53.9 Å². The molecule has 0 N–H and O–H groups in total. The average Bonchev–Trinajstić information content (AvgIpc) is 3.45. The fourth-order valence-corrected chi connectivity index (χ4v) is 5.60. The van der Waals surface area contributed by atoms with E-state index in [1.54, 1.807) is 0 Å². The lowest BCUT2D eigenvalue weighted by Crippen LogP contribution is -2.67. The van der Waals surface area contributed by atoms with E-state index < -0.39 is 6.62 Å². The summed E-state index contributed by atoms with van der Waals surface area (Å²) in [5.74, 6) is 0. The fourth-order valence-electron chi connectivity index (χ4n) is 5.60. The molecule has 0 unspecified atom stereocenters. The van der Waals surface area contributed by atoms with Crippen LogP contribution in [0.15, 0.2) is 78.6 Å².